The minimum Gasteiger partial charge on any atom is -0.465 e. The molecule has 4 nitrogen and oxygen atoms in total. The molecule has 0 bridgehead atoms. The topological polar surface area (TPSA) is 68.1 Å². The van der Waals surface area contributed by atoms with E-state index in [1.165, 1.54) is 0 Å². The van der Waals surface area contributed by atoms with Crippen LogP contribution in [0.25, 0.3) is 10.9 Å². The molecule has 96 valence electrons. The van der Waals surface area contributed by atoms with E-state index >= 15 is 0 Å². The molecule has 0 amide bonds. The first-order valence-corrected chi connectivity index (χ1v) is 6.17. The van der Waals surface area contributed by atoms with Gasteiger partial charge in [0.1, 0.15) is 6.04 Å². The van der Waals surface area contributed by atoms with E-state index in [2.05, 4.69) is 4.98 Å². The van der Waals surface area contributed by atoms with Crippen molar-refractivity contribution in [3.63, 3.8) is 0 Å². The largest absolute Gasteiger partial charge is 0.465 e. The standard InChI is InChI=1S/C13H15ClN2O2/c1-2-18-13(17)11(15)7-10-6-8-5-9(14)3-4-12(8)16-10/h3-6,11,16H,2,7,15H2,1H3/t11-/m1/s1. The Kier molecular flexibility index (Phi) is 3.89. The van der Waals surface area contributed by atoms with Crippen LogP contribution in [-0.2, 0) is 16.0 Å². The lowest BCUT2D eigenvalue weighted by Crippen LogP contribution is -2.34. The number of H-pyrrole nitrogens is 1. The fraction of sp³-hybridized carbons (Fsp3) is 0.308. The molecule has 1 atom stereocenters. The summed E-state index contributed by atoms with van der Waals surface area (Å²) in [5.41, 5.74) is 7.64. The maximum Gasteiger partial charge on any atom is 0.323 e. The number of halogens is 1. The number of nitrogens with two attached hydrogens (primary N) is 1. The highest BCUT2D eigenvalue weighted by Crippen LogP contribution is 2.20. The maximum atomic E-state index is 11.4. The van der Waals surface area contributed by atoms with Crippen molar-refractivity contribution in [1.82, 2.24) is 4.98 Å². The van der Waals surface area contributed by atoms with E-state index in [4.69, 9.17) is 22.1 Å². The molecule has 0 aliphatic rings. The van der Waals surface area contributed by atoms with Crippen molar-refractivity contribution in [3.8, 4) is 0 Å². The molecular weight excluding hydrogens is 252 g/mol. The molecule has 5 heteroatoms. The van der Waals surface area contributed by atoms with E-state index in [9.17, 15) is 4.79 Å². The Bertz CT molecular complexity index is 565. The quantitative estimate of drug-likeness (QED) is 0.834. The normalized spacial score (nSPS) is 12.6. The van der Waals surface area contributed by atoms with Crippen molar-refractivity contribution in [2.45, 2.75) is 19.4 Å². The van der Waals surface area contributed by atoms with Crippen molar-refractivity contribution < 1.29 is 9.53 Å². The molecule has 2 aromatic rings. The number of carbonyl (C=O) groups excluding carboxylic acids is 1. The Hall–Kier alpha value is -1.52. The number of carbonyl (C=O) groups is 1. The van der Waals surface area contributed by atoms with E-state index < -0.39 is 6.04 Å². The zero-order chi connectivity index (χ0) is 13.1. The Morgan fingerprint density at radius 3 is 3.00 bits per heavy atom. The fourth-order valence-corrected chi connectivity index (χ4v) is 2.02. The van der Waals surface area contributed by atoms with Crippen LogP contribution in [0.5, 0.6) is 0 Å². The first kappa shape index (κ1) is 12.9. The van der Waals surface area contributed by atoms with Crippen molar-refractivity contribution in [3.05, 3.63) is 35.0 Å². The molecule has 0 fully saturated rings. The Labute approximate surface area is 110 Å². The number of esters is 1. The van der Waals surface area contributed by atoms with E-state index in [-0.39, 0.29) is 5.97 Å². The van der Waals surface area contributed by atoms with Crippen molar-refractivity contribution in [2.75, 3.05) is 6.61 Å². The summed E-state index contributed by atoms with van der Waals surface area (Å²) in [5.74, 6) is -0.380. The van der Waals surface area contributed by atoms with Gasteiger partial charge in [-0.3, -0.25) is 4.79 Å². The lowest BCUT2D eigenvalue weighted by Gasteiger charge is -2.08. The number of benzene rings is 1. The van der Waals surface area contributed by atoms with Gasteiger partial charge in [0.05, 0.1) is 6.61 Å². The zero-order valence-electron chi connectivity index (χ0n) is 10.1. The molecule has 0 unspecified atom stereocenters. The summed E-state index contributed by atoms with van der Waals surface area (Å²) in [6.45, 7) is 2.10. The number of aromatic amines is 1. The molecule has 1 aromatic carbocycles. The number of hydrogen-bond acceptors (Lipinski definition) is 3. The smallest absolute Gasteiger partial charge is 0.323 e. The second kappa shape index (κ2) is 5.42. The van der Waals surface area contributed by atoms with Gasteiger partial charge in [-0.1, -0.05) is 11.6 Å². The van der Waals surface area contributed by atoms with Crippen LogP contribution in [0.15, 0.2) is 24.3 Å². The summed E-state index contributed by atoms with van der Waals surface area (Å²) in [7, 11) is 0. The summed E-state index contributed by atoms with van der Waals surface area (Å²) >= 11 is 5.91. The number of ether oxygens (including phenoxy) is 1. The van der Waals surface area contributed by atoms with Gasteiger partial charge in [-0.2, -0.15) is 0 Å². The Morgan fingerprint density at radius 2 is 2.28 bits per heavy atom. The van der Waals surface area contributed by atoms with E-state index in [1.54, 1.807) is 6.92 Å². The summed E-state index contributed by atoms with van der Waals surface area (Å²) in [6, 6.07) is 6.88. The molecule has 1 heterocycles. The fourth-order valence-electron chi connectivity index (χ4n) is 1.84. The molecule has 0 saturated carbocycles. The molecule has 2 rings (SSSR count). The first-order valence-electron chi connectivity index (χ1n) is 5.79. The number of fused-ring (bicyclic) bond motifs is 1. The third-order valence-electron chi connectivity index (χ3n) is 2.67. The summed E-state index contributed by atoms with van der Waals surface area (Å²) in [6.07, 6.45) is 0.422. The van der Waals surface area contributed by atoms with Gasteiger partial charge in [-0.15, -0.1) is 0 Å². The first-order chi connectivity index (χ1) is 8.60. The second-order valence-corrected chi connectivity index (χ2v) is 4.53. The highest BCUT2D eigenvalue weighted by molar-refractivity contribution is 6.31. The van der Waals surface area contributed by atoms with Gasteiger partial charge in [0.2, 0.25) is 0 Å². The van der Waals surface area contributed by atoms with Crippen LogP contribution in [0, 0.1) is 0 Å². The minimum absolute atomic E-state index is 0.342. The lowest BCUT2D eigenvalue weighted by molar-refractivity contribution is -0.144. The third kappa shape index (κ3) is 2.83. The molecule has 0 saturated heterocycles. The van der Waals surface area contributed by atoms with Crippen LogP contribution in [0.1, 0.15) is 12.6 Å². The molecule has 0 aliphatic carbocycles. The third-order valence-corrected chi connectivity index (χ3v) is 2.90. The summed E-state index contributed by atoms with van der Waals surface area (Å²) in [4.78, 5) is 14.6. The number of rotatable bonds is 4. The van der Waals surface area contributed by atoms with Crippen molar-refractivity contribution in [2.24, 2.45) is 5.73 Å². The maximum absolute atomic E-state index is 11.4. The van der Waals surface area contributed by atoms with E-state index in [0.29, 0.717) is 18.1 Å². The van der Waals surface area contributed by atoms with Crippen LogP contribution in [-0.4, -0.2) is 23.6 Å². The van der Waals surface area contributed by atoms with Gasteiger partial charge >= 0.3 is 5.97 Å². The van der Waals surface area contributed by atoms with Crippen molar-refractivity contribution in [1.29, 1.82) is 0 Å². The van der Waals surface area contributed by atoms with Crippen LogP contribution >= 0.6 is 11.6 Å². The molecule has 3 N–H and O–H groups in total. The van der Waals surface area contributed by atoms with Gasteiger partial charge in [-0.05, 0) is 31.2 Å². The molecule has 0 aliphatic heterocycles. The van der Waals surface area contributed by atoms with Gasteiger partial charge in [0.15, 0.2) is 0 Å². The molecular formula is C13H15ClN2O2. The highest BCUT2D eigenvalue weighted by atomic mass is 35.5. The van der Waals surface area contributed by atoms with Gasteiger partial charge in [-0.25, -0.2) is 0 Å². The van der Waals surface area contributed by atoms with E-state index in [0.717, 1.165) is 16.6 Å². The van der Waals surface area contributed by atoms with Crippen molar-refractivity contribution >= 4 is 28.5 Å². The molecule has 1 aromatic heterocycles. The van der Waals surface area contributed by atoms with Gasteiger partial charge in [0, 0.05) is 28.0 Å². The van der Waals surface area contributed by atoms with Gasteiger partial charge in [0.25, 0.3) is 0 Å². The Morgan fingerprint density at radius 1 is 1.50 bits per heavy atom. The summed E-state index contributed by atoms with van der Waals surface area (Å²) < 4.78 is 4.87. The zero-order valence-corrected chi connectivity index (χ0v) is 10.8. The average molecular weight is 267 g/mol. The van der Waals surface area contributed by atoms with Crippen LogP contribution in [0.4, 0.5) is 0 Å². The molecule has 0 radical (unpaired) electrons. The van der Waals surface area contributed by atoms with Crippen LogP contribution in [0.2, 0.25) is 5.02 Å². The van der Waals surface area contributed by atoms with E-state index in [1.807, 2.05) is 24.3 Å². The number of hydrogen-bond donors (Lipinski definition) is 2. The average Bonchev–Trinajstić information content (AvgIpc) is 2.70. The minimum atomic E-state index is -0.645. The van der Waals surface area contributed by atoms with Gasteiger partial charge < -0.3 is 15.5 Å². The Balaban J connectivity index is 2.14. The molecule has 18 heavy (non-hydrogen) atoms. The SMILES string of the molecule is CCOC(=O)[C@H](N)Cc1cc2cc(Cl)ccc2[nH]1. The predicted octanol–water partition coefficient (Wildman–Crippen LogP) is 2.25. The van der Waals surface area contributed by atoms with Crippen LogP contribution < -0.4 is 5.73 Å². The second-order valence-electron chi connectivity index (χ2n) is 4.09. The number of nitrogens with one attached hydrogen (secondary N) is 1. The molecule has 0 spiro atoms. The van der Waals surface area contributed by atoms with Crippen LogP contribution in [0.3, 0.4) is 0 Å². The highest BCUT2D eigenvalue weighted by Gasteiger charge is 2.16. The lowest BCUT2D eigenvalue weighted by atomic mass is 10.1. The summed E-state index contributed by atoms with van der Waals surface area (Å²) in [5, 5.41) is 1.69. The predicted molar refractivity (Wildman–Crippen MR) is 71.6 cm³/mol. The number of aromatic nitrogens is 1. The monoisotopic (exact) mass is 266 g/mol.